The number of carbonyl (C=O) groups is 1. The van der Waals surface area contributed by atoms with E-state index in [-0.39, 0.29) is 24.7 Å². The maximum Gasteiger partial charge on any atom is 0.410 e. The topological polar surface area (TPSA) is 75.8 Å². The molecule has 1 heterocycles. The fourth-order valence-corrected chi connectivity index (χ4v) is 2.89. The fraction of sp³-hybridized carbons (Fsp3) is 0.941. The number of piperidine rings is 1. The van der Waals surface area contributed by atoms with Gasteiger partial charge in [-0.05, 0) is 33.6 Å². The zero-order valence-electron chi connectivity index (χ0n) is 14.7. The monoisotopic (exact) mass is 314 g/mol. The molecule has 1 saturated heterocycles. The first-order valence-corrected chi connectivity index (χ1v) is 8.68. The molecule has 0 radical (unpaired) electrons. The molecule has 5 heteroatoms. The highest BCUT2D eigenvalue weighted by Gasteiger charge is 2.37. The van der Waals surface area contributed by atoms with Crippen LogP contribution in [0.2, 0.25) is 0 Å². The Kier molecular flexibility index (Phi) is 7.63. The number of ether oxygens (including phenoxy) is 1. The minimum absolute atomic E-state index is 0.0786. The van der Waals surface area contributed by atoms with Crippen molar-refractivity contribution in [1.29, 1.82) is 0 Å². The molecule has 0 bridgehead atoms. The van der Waals surface area contributed by atoms with Gasteiger partial charge >= 0.3 is 6.09 Å². The van der Waals surface area contributed by atoms with Gasteiger partial charge in [0.25, 0.3) is 0 Å². The van der Waals surface area contributed by atoms with Crippen LogP contribution in [-0.2, 0) is 4.74 Å². The van der Waals surface area contributed by atoms with Gasteiger partial charge in [0.1, 0.15) is 5.60 Å². The first-order chi connectivity index (χ1) is 10.2. The number of hydrogen-bond acceptors (Lipinski definition) is 4. The molecule has 130 valence electrons. The van der Waals surface area contributed by atoms with Gasteiger partial charge in [0.15, 0.2) is 0 Å². The highest BCUT2D eigenvalue weighted by atomic mass is 16.6. The van der Waals surface area contributed by atoms with Crippen LogP contribution in [0.1, 0.15) is 72.6 Å². The molecule has 22 heavy (non-hydrogen) atoms. The van der Waals surface area contributed by atoms with Crippen molar-refractivity contribution in [3.63, 3.8) is 0 Å². The van der Waals surface area contributed by atoms with Gasteiger partial charge in [0.2, 0.25) is 0 Å². The van der Waals surface area contributed by atoms with Crippen molar-refractivity contribution in [1.82, 2.24) is 4.90 Å². The number of unbranched alkanes of at least 4 members (excludes halogenated alkanes) is 4. The van der Waals surface area contributed by atoms with Crippen molar-refractivity contribution in [2.75, 3.05) is 6.54 Å². The predicted octanol–water partition coefficient (Wildman–Crippen LogP) is 3.04. The van der Waals surface area contributed by atoms with Crippen LogP contribution >= 0.6 is 0 Å². The fourth-order valence-electron chi connectivity index (χ4n) is 2.89. The number of hydrogen-bond donors (Lipinski definition) is 2. The minimum Gasteiger partial charge on any atom is -0.444 e. The predicted molar refractivity (Wildman–Crippen MR) is 88.7 cm³/mol. The molecule has 0 saturated carbocycles. The molecule has 3 N–H and O–H groups in total. The van der Waals surface area contributed by atoms with Crippen molar-refractivity contribution < 1.29 is 14.6 Å². The molecule has 0 aromatic rings. The molecule has 1 aliphatic heterocycles. The normalized spacial score (nSPS) is 26.1. The molecular weight excluding hydrogens is 280 g/mol. The molecule has 5 nitrogen and oxygen atoms in total. The summed E-state index contributed by atoms with van der Waals surface area (Å²) in [5.74, 6) is 0. The summed E-state index contributed by atoms with van der Waals surface area (Å²) in [6.45, 7) is 8.05. The van der Waals surface area contributed by atoms with Gasteiger partial charge < -0.3 is 20.5 Å². The molecule has 0 aliphatic carbocycles. The van der Waals surface area contributed by atoms with E-state index >= 15 is 0 Å². The lowest BCUT2D eigenvalue weighted by molar-refractivity contribution is -0.0203. The number of aliphatic hydroxyl groups excluding tert-OH is 1. The zero-order chi connectivity index (χ0) is 16.8. The maximum atomic E-state index is 12.4. The molecule has 1 amide bonds. The Bertz CT molecular complexity index is 341. The van der Waals surface area contributed by atoms with Crippen molar-refractivity contribution >= 4 is 6.09 Å². The smallest absolute Gasteiger partial charge is 0.410 e. The van der Waals surface area contributed by atoms with Gasteiger partial charge in [-0.25, -0.2) is 4.79 Å². The number of rotatable bonds is 6. The van der Waals surface area contributed by atoms with E-state index in [1.54, 1.807) is 4.90 Å². The molecular formula is C17H34N2O3. The summed E-state index contributed by atoms with van der Waals surface area (Å²) in [6.07, 6.45) is 6.59. The number of nitrogens with zero attached hydrogens (tertiary/aromatic N) is 1. The standard InChI is InChI=1S/C17H34N2O3/c1-5-6-7-8-9-10-13-11-14(18)15(20)12-19(13)16(21)22-17(2,3)4/h13-15,20H,5-12,18H2,1-4H3/t13-,14+,15+/m1/s1. The number of aliphatic hydroxyl groups is 1. The molecule has 1 rings (SSSR count). The van der Waals surface area contributed by atoms with Crippen molar-refractivity contribution in [2.45, 2.75) is 96.4 Å². The van der Waals surface area contributed by atoms with E-state index in [4.69, 9.17) is 10.5 Å². The van der Waals surface area contributed by atoms with Crippen LogP contribution in [0.5, 0.6) is 0 Å². The maximum absolute atomic E-state index is 12.4. The van der Waals surface area contributed by atoms with Crippen LogP contribution < -0.4 is 5.73 Å². The number of likely N-dealkylation sites (tertiary alicyclic amines) is 1. The van der Waals surface area contributed by atoms with Crippen molar-refractivity contribution in [3.8, 4) is 0 Å². The second kappa shape index (κ2) is 8.73. The average Bonchev–Trinajstić information content (AvgIpc) is 2.40. The van der Waals surface area contributed by atoms with Gasteiger partial charge in [0, 0.05) is 12.1 Å². The Hall–Kier alpha value is -0.810. The first-order valence-electron chi connectivity index (χ1n) is 8.68. The van der Waals surface area contributed by atoms with E-state index in [9.17, 15) is 9.90 Å². The van der Waals surface area contributed by atoms with Crippen LogP contribution in [-0.4, -0.2) is 46.4 Å². The number of carbonyl (C=O) groups excluding carboxylic acids is 1. The average molecular weight is 314 g/mol. The van der Waals surface area contributed by atoms with Gasteiger partial charge in [-0.3, -0.25) is 0 Å². The largest absolute Gasteiger partial charge is 0.444 e. The summed E-state index contributed by atoms with van der Waals surface area (Å²) in [5.41, 5.74) is 5.46. The summed E-state index contributed by atoms with van der Waals surface area (Å²) < 4.78 is 5.47. The molecule has 0 unspecified atom stereocenters. The molecule has 3 atom stereocenters. The lowest BCUT2D eigenvalue weighted by atomic mass is 9.92. The van der Waals surface area contributed by atoms with E-state index in [0.29, 0.717) is 6.42 Å². The van der Waals surface area contributed by atoms with E-state index in [1.807, 2.05) is 20.8 Å². The Morgan fingerprint density at radius 1 is 1.27 bits per heavy atom. The Balaban J connectivity index is 2.57. The molecule has 0 spiro atoms. The Morgan fingerprint density at radius 3 is 2.50 bits per heavy atom. The first kappa shape index (κ1) is 19.2. The van der Waals surface area contributed by atoms with Crippen LogP contribution in [0.4, 0.5) is 4.79 Å². The minimum atomic E-state index is -0.663. The summed E-state index contributed by atoms with van der Waals surface area (Å²) in [7, 11) is 0. The van der Waals surface area contributed by atoms with E-state index < -0.39 is 11.7 Å². The SMILES string of the molecule is CCCCCCC[C@@H]1C[C@H](N)[C@@H](O)CN1C(=O)OC(C)(C)C. The molecule has 1 fully saturated rings. The Labute approximate surface area is 135 Å². The highest BCUT2D eigenvalue weighted by Crippen LogP contribution is 2.24. The third kappa shape index (κ3) is 6.53. The van der Waals surface area contributed by atoms with E-state index in [0.717, 1.165) is 12.8 Å². The van der Waals surface area contributed by atoms with Crippen LogP contribution in [0, 0.1) is 0 Å². The van der Waals surface area contributed by atoms with Crippen molar-refractivity contribution in [2.24, 2.45) is 5.73 Å². The van der Waals surface area contributed by atoms with Crippen LogP contribution in [0.25, 0.3) is 0 Å². The molecule has 0 aromatic heterocycles. The van der Waals surface area contributed by atoms with E-state index in [2.05, 4.69) is 6.92 Å². The second-order valence-corrected chi connectivity index (χ2v) is 7.46. The lowest BCUT2D eigenvalue weighted by Gasteiger charge is -2.41. The number of amides is 1. The van der Waals surface area contributed by atoms with Crippen molar-refractivity contribution in [3.05, 3.63) is 0 Å². The third-order valence-corrected chi connectivity index (χ3v) is 4.13. The summed E-state index contributed by atoms with van der Waals surface area (Å²) >= 11 is 0. The third-order valence-electron chi connectivity index (χ3n) is 4.13. The van der Waals surface area contributed by atoms with Crippen LogP contribution in [0.3, 0.4) is 0 Å². The Morgan fingerprint density at radius 2 is 1.91 bits per heavy atom. The van der Waals surface area contributed by atoms with Gasteiger partial charge in [-0.2, -0.15) is 0 Å². The summed E-state index contributed by atoms with van der Waals surface area (Å²) in [4.78, 5) is 14.0. The number of β-amino-alcohol motifs (C(OH)–C–C–N with tert-alkyl or cyclic N) is 1. The quantitative estimate of drug-likeness (QED) is 0.739. The lowest BCUT2D eigenvalue weighted by Crippen LogP contribution is -2.57. The van der Waals surface area contributed by atoms with E-state index in [1.165, 1.54) is 25.7 Å². The molecule has 1 aliphatic rings. The summed E-state index contributed by atoms with van der Waals surface area (Å²) in [5, 5.41) is 9.98. The number of nitrogens with two attached hydrogens (primary N) is 1. The van der Waals surface area contributed by atoms with Gasteiger partial charge in [0.05, 0.1) is 12.6 Å². The van der Waals surface area contributed by atoms with Gasteiger partial charge in [-0.1, -0.05) is 39.0 Å². The second-order valence-electron chi connectivity index (χ2n) is 7.46. The zero-order valence-corrected chi connectivity index (χ0v) is 14.7. The summed E-state index contributed by atoms with van der Waals surface area (Å²) in [6, 6.07) is -0.172. The molecule has 0 aromatic carbocycles. The van der Waals surface area contributed by atoms with Crippen LogP contribution in [0.15, 0.2) is 0 Å². The van der Waals surface area contributed by atoms with Gasteiger partial charge in [-0.15, -0.1) is 0 Å². The highest BCUT2D eigenvalue weighted by molar-refractivity contribution is 5.68.